The van der Waals surface area contributed by atoms with Crippen LogP contribution in [-0.4, -0.2) is 21.5 Å². The normalized spacial score (nSPS) is 11.2. The number of nitrogens with two attached hydrogens (primary N) is 1. The van der Waals surface area contributed by atoms with Gasteiger partial charge in [-0.15, -0.1) is 0 Å². The summed E-state index contributed by atoms with van der Waals surface area (Å²) in [5.41, 5.74) is 5.56. The average molecular weight is 301 g/mol. The van der Waals surface area contributed by atoms with Gasteiger partial charge in [0.15, 0.2) is 0 Å². The maximum Gasteiger partial charge on any atom is 0.312 e. The Kier molecular flexibility index (Phi) is 4.30. The van der Waals surface area contributed by atoms with Crippen LogP contribution in [0.15, 0.2) is 35.1 Å². The highest BCUT2D eigenvalue weighted by Crippen LogP contribution is 2.16. The third kappa shape index (κ3) is 3.94. The zero-order valence-corrected chi connectivity index (χ0v) is 12.8. The van der Waals surface area contributed by atoms with E-state index in [4.69, 9.17) is 10.5 Å². The van der Waals surface area contributed by atoms with Gasteiger partial charge >= 0.3 is 5.97 Å². The van der Waals surface area contributed by atoms with Crippen molar-refractivity contribution in [3.63, 3.8) is 0 Å². The van der Waals surface area contributed by atoms with E-state index in [0.717, 1.165) is 5.56 Å². The molecule has 0 bridgehead atoms. The van der Waals surface area contributed by atoms with Crippen LogP contribution in [0, 0.1) is 0 Å². The molecule has 0 aliphatic carbocycles. The molecular formula is C16H19N3O3. The summed E-state index contributed by atoms with van der Waals surface area (Å²) in [6.07, 6.45) is -0.146. The van der Waals surface area contributed by atoms with Gasteiger partial charge in [-0.3, -0.25) is 9.59 Å². The predicted octanol–water partition coefficient (Wildman–Crippen LogP) is 1.90. The molecule has 0 aliphatic rings. The summed E-state index contributed by atoms with van der Waals surface area (Å²) in [5.74, 6) is -0.102. The average Bonchev–Trinajstić information content (AvgIpc) is 2.42. The number of rotatable bonds is 3. The van der Waals surface area contributed by atoms with E-state index in [1.165, 1.54) is 0 Å². The van der Waals surface area contributed by atoms with Gasteiger partial charge in [-0.25, -0.2) is 4.98 Å². The van der Waals surface area contributed by atoms with Crippen LogP contribution in [0.25, 0.3) is 11.4 Å². The van der Waals surface area contributed by atoms with Gasteiger partial charge in [0.05, 0.1) is 12.1 Å². The first-order valence-corrected chi connectivity index (χ1v) is 6.92. The van der Waals surface area contributed by atoms with Gasteiger partial charge in [0.2, 0.25) is 0 Å². The van der Waals surface area contributed by atoms with Gasteiger partial charge in [-0.1, -0.05) is 30.3 Å². The molecule has 1 heterocycles. The van der Waals surface area contributed by atoms with Crippen molar-refractivity contribution in [2.75, 3.05) is 5.73 Å². The Labute approximate surface area is 128 Å². The van der Waals surface area contributed by atoms with Crippen molar-refractivity contribution in [1.82, 2.24) is 9.97 Å². The van der Waals surface area contributed by atoms with Crippen molar-refractivity contribution < 1.29 is 9.53 Å². The lowest BCUT2D eigenvalue weighted by molar-refractivity contribution is -0.153. The molecule has 0 fully saturated rings. The fourth-order valence-corrected chi connectivity index (χ4v) is 1.91. The number of nitrogens with one attached hydrogen (secondary N) is 1. The van der Waals surface area contributed by atoms with Crippen LogP contribution in [0.5, 0.6) is 0 Å². The summed E-state index contributed by atoms with van der Waals surface area (Å²) in [5, 5.41) is 0. The van der Waals surface area contributed by atoms with Crippen LogP contribution in [0.2, 0.25) is 0 Å². The Balaban J connectivity index is 2.34. The SMILES string of the molecule is CC(C)(C)OC(=O)Cc1nc(-c2ccccc2)[nH]c(=O)c1N. The summed E-state index contributed by atoms with van der Waals surface area (Å²) >= 11 is 0. The van der Waals surface area contributed by atoms with Crippen molar-refractivity contribution in [2.45, 2.75) is 32.8 Å². The minimum Gasteiger partial charge on any atom is -0.460 e. The monoisotopic (exact) mass is 301 g/mol. The topological polar surface area (TPSA) is 98.1 Å². The molecule has 0 atom stereocenters. The van der Waals surface area contributed by atoms with Crippen LogP contribution in [0.3, 0.4) is 0 Å². The molecule has 0 unspecified atom stereocenters. The number of aromatic nitrogens is 2. The molecule has 0 aliphatic heterocycles. The molecule has 116 valence electrons. The molecule has 0 spiro atoms. The largest absolute Gasteiger partial charge is 0.460 e. The summed E-state index contributed by atoms with van der Waals surface area (Å²) in [6, 6.07) is 9.15. The van der Waals surface area contributed by atoms with Crippen LogP contribution in [0.4, 0.5) is 5.69 Å². The highest BCUT2D eigenvalue weighted by Gasteiger charge is 2.19. The molecule has 22 heavy (non-hydrogen) atoms. The number of carbonyl (C=O) groups is 1. The molecule has 0 saturated carbocycles. The molecule has 0 radical (unpaired) electrons. The molecular weight excluding hydrogens is 282 g/mol. The van der Waals surface area contributed by atoms with Crippen molar-refractivity contribution in [2.24, 2.45) is 0 Å². The molecule has 6 heteroatoms. The molecule has 6 nitrogen and oxygen atoms in total. The standard InChI is InChI=1S/C16H19N3O3/c1-16(2,3)22-12(20)9-11-13(17)15(21)19-14(18-11)10-7-5-4-6-8-10/h4-8H,9,17H2,1-3H3,(H,18,19,21). The lowest BCUT2D eigenvalue weighted by atomic mass is 10.1. The fraction of sp³-hybridized carbons (Fsp3) is 0.312. The van der Waals surface area contributed by atoms with Gasteiger partial charge in [0.1, 0.15) is 17.1 Å². The quantitative estimate of drug-likeness (QED) is 0.844. The number of benzene rings is 1. The smallest absolute Gasteiger partial charge is 0.312 e. The number of aromatic amines is 1. The minimum absolute atomic E-state index is 0.0643. The minimum atomic E-state index is -0.602. The summed E-state index contributed by atoms with van der Waals surface area (Å²) in [6.45, 7) is 5.32. The van der Waals surface area contributed by atoms with E-state index < -0.39 is 17.1 Å². The lowest BCUT2D eigenvalue weighted by Gasteiger charge is -2.19. The van der Waals surface area contributed by atoms with Crippen molar-refractivity contribution >= 4 is 11.7 Å². The Morgan fingerprint density at radius 1 is 1.27 bits per heavy atom. The van der Waals surface area contributed by atoms with Gasteiger partial charge in [-0.2, -0.15) is 0 Å². The lowest BCUT2D eigenvalue weighted by Crippen LogP contribution is -2.26. The first-order chi connectivity index (χ1) is 10.3. The van der Waals surface area contributed by atoms with Crippen molar-refractivity contribution in [1.29, 1.82) is 0 Å². The maximum absolute atomic E-state index is 11.9. The summed E-state index contributed by atoms with van der Waals surface area (Å²) in [7, 11) is 0. The molecule has 2 rings (SSSR count). The summed E-state index contributed by atoms with van der Waals surface area (Å²) < 4.78 is 5.24. The highest BCUT2D eigenvalue weighted by molar-refractivity contribution is 5.74. The van der Waals surface area contributed by atoms with E-state index in [2.05, 4.69) is 9.97 Å². The van der Waals surface area contributed by atoms with E-state index in [0.29, 0.717) is 5.82 Å². The fourth-order valence-electron chi connectivity index (χ4n) is 1.91. The second kappa shape index (κ2) is 6.01. The van der Waals surface area contributed by atoms with Crippen LogP contribution < -0.4 is 11.3 Å². The maximum atomic E-state index is 11.9. The van der Waals surface area contributed by atoms with Crippen LogP contribution >= 0.6 is 0 Å². The number of hydrogen-bond donors (Lipinski definition) is 2. The third-order valence-electron chi connectivity index (χ3n) is 2.81. The number of nitrogens with zero attached hydrogens (tertiary/aromatic N) is 1. The molecule has 1 aromatic heterocycles. The Hall–Kier alpha value is -2.63. The predicted molar refractivity (Wildman–Crippen MR) is 84.3 cm³/mol. The van der Waals surface area contributed by atoms with Gasteiger partial charge < -0.3 is 15.5 Å². The number of anilines is 1. The second-order valence-corrected chi connectivity index (χ2v) is 5.90. The van der Waals surface area contributed by atoms with E-state index in [1.807, 2.05) is 30.3 Å². The van der Waals surface area contributed by atoms with E-state index in [-0.39, 0.29) is 17.8 Å². The zero-order chi connectivity index (χ0) is 16.3. The second-order valence-electron chi connectivity index (χ2n) is 5.90. The Bertz CT molecular complexity index is 731. The number of ether oxygens (including phenoxy) is 1. The number of carbonyl (C=O) groups excluding carboxylic acids is 1. The molecule has 1 aromatic carbocycles. The van der Waals surface area contributed by atoms with Gasteiger partial charge in [0, 0.05) is 5.56 Å². The number of esters is 1. The van der Waals surface area contributed by atoms with E-state index in [9.17, 15) is 9.59 Å². The number of hydrogen-bond acceptors (Lipinski definition) is 5. The Morgan fingerprint density at radius 2 is 1.91 bits per heavy atom. The van der Waals surface area contributed by atoms with Crippen LogP contribution in [-0.2, 0) is 16.0 Å². The van der Waals surface area contributed by atoms with Crippen LogP contribution in [0.1, 0.15) is 26.5 Å². The highest BCUT2D eigenvalue weighted by atomic mass is 16.6. The van der Waals surface area contributed by atoms with Crippen molar-refractivity contribution in [3.05, 3.63) is 46.4 Å². The molecule has 0 amide bonds. The molecule has 0 saturated heterocycles. The first-order valence-electron chi connectivity index (χ1n) is 6.92. The Morgan fingerprint density at radius 3 is 2.50 bits per heavy atom. The third-order valence-corrected chi connectivity index (χ3v) is 2.81. The van der Waals surface area contributed by atoms with Gasteiger partial charge in [-0.05, 0) is 20.8 Å². The number of nitrogen functional groups attached to an aromatic ring is 1. The molecule has 3 N–H and O–H groups in total. The zero-order valence-electron chi connectivity index (χ0n) is 12.8. The van der Waals surface area contributed by atoms with E-state index in [1.54, 1.807) is 20.8 Å². The first kappa shape index (κ1) is 15.8. The summed E-state index contributed by atoms with van der Waals surface area (Å²) in [4.78, 5) is 30.7. The number of H-pyrrole nitrogens is 1. The van der Waals surface area contributed by atoms with E-state index >= 15 is 0 Å². The molecule has 2 aromatic rings. The van der Waals surface area contributed by atoms with Gasteiger partial charge in [0.25, 0.3) is 5.56 Å². The van der Waals surface area contributed by atoms with Crippen molar-refractivity contribution in [3.8, 4) is 11.4 Å².